The molecule has 0 heterocycles. The fourth-order valence-electron chi connectivity index (χ4n) is 6.64. The van der Waals surface area contributed by atoms with Crippen molar-refractivity contribution >= 4 is 29.5 Å². The second kappa shape index (κ2) is 21.4. The molecule has 13 nitrogen and oxygen atoms in total. The Bertz CT molecular complexity index is 1060. The van der Waals surface area contributed by atoms with E-state index in [4.69, 9.17) is 16.2 Å². The summed E-state index contributed by atoms with van der Waals surface area (Å²) in [5.41, 5.74) is 11.1. The molecule has 2 fully saturated rings. The Labute approximate surface area is 293 Å². The lowest BCUT2D eigenvalue weighted by Crippen LogP contribution is -2.60. The fraction of sp³-hybridized carbons (Fsp3) is 0.861. The minimum atomic E-state index is -1.05. The van der Waals surface area contributed by atoms with Gasteiger partial charge in [0.25, 0.3) is 0 Å². The molecule has 0 spiro atoms. The first kappa shape index (κ1) is 42.4. The zero-order valence-electron chi connectivity index (χ0n) is 30.9. The number of hydrogen-bond donors (Lipinski definition) is 6. The van der Waals surface area contributed by atoms with Crippen molar-refractivity contribution in [2.45, 2.75) is 154 Å². The van der Waals surface area contributed by atoms with E-state index in [2.05, 4.69) is 22.9 Å². The summed E-state index contributed by atoms with van der Waals surface area (Å²) in [5.74, 6) is -2.83. The molecule has 5 amide bonds. The highest BCUT2D eigenvalue weighted by molar-refractivity contribution is 5.94. The maximum absolute atomic E-state index is 14.4. The lowest BCUT2D eigenvalue weighted by Gasteiger charge is -2.36. The predicted octanol–water partition coefficient (Wildman–Crippen LogP) is 2.12. The minimum absolute atomic E-state index is 0.118. The van der Waals surface area contributed by atoms with Crippen LogP contribution in [0.25, 0.3) is 0 Å². The molecule has 0 unspecified atom stereocenters. The zero-order chi connectivity index (χ0) is 36.7. The van der Waals surface area contributed by atoms with Crippen molar-refractivity contribution in [1.29, 1.82) is 0 Å². The molecule has 2 saturated carbocycles. The van der Waals surface area contributed by atoms with Gasteiger partial charge in [-0.05, 0) is 57.8 Å². The van der Waals surface area contributed by atoms with Crippen LogP contribution in [0, 0.1) is 23.7 Å². The van der Waals surface area contributed by atoms with Crippen LogP contribution >= 0.6 is 0 Å². The van der Waals surface area contributed by atoms with Crippen molar-refractivity contribution in [1.82, 2.24) is 20.9 Å². The normalized spacial score (nSPS) is 20.1. The summed E-state index contributed by atoms with van der Waals surface area (Å²) >= 11 is 0. The van der Waals surface area contributed by atoms with Crippen LogP contribution in [0.2, 0.25) is 0 Å². The molecule has 0 radical (unpaired) electrons. The number of aliphatic hydroxyl groups excluding tert-OH is 1. The van der Waals surface area contributed by atoms with Gasteiger partial charge in [0.2, 0.25) is 29.5 Å². The zero-order valence-corrected chi connectivity index (χ0v) is 30.9. The van der Waals surface area contributed by atoms with Crippen molar-refractivity contribution in [2.24, 2.45) is 35.1 Å². The maximum Gasteiger partial charge on any atom is 0.243 e. The van der Waals surface area contributed by atoms with Crippen molar-refractivity contribution in [3.05, 3.63) is 0 Å². The third-order valence-electron chi connectivity index (χ3n) is 10.3. The molecule has 49 heavy (non-hydrogen) atoms. The highest BCUT2D eigenvalue weighted by Gasteiger charge is 2.41. The van der Waals surface area contributed by atoms with Crippen LogP contribution in [0.3, 0.4) is 0 Å². The number of ether oxygens (including phenoxy) is 1. The summed E-state index contributed by atoms with van der Waals surface area (Å²) < 4.78 is 6.43. The molecule has 0 bridgehead atoms. The van der Waals surface area contributed by atoms with Gasteiger partial charge in [-0.3, -0.25) is 24.0 Å². The molecule has 0 aromatic carbocycles. The first-order valence-electron chi connectivity index (χ1n) is 18.7. The van der Waals surface area contributed by atoms with E-state index < -0.39 is 59.9 Å². The van der Waals surface area contributed by atoms with E-state index in [-0.39, 0.29) is 36.9 Å². The number of nitrogens with one attached hydrogen (secondary N) is 3. The number of nitrogens with zero attached hydrogens (tertiary/aromatic N) is 1. The van der Waals surface area contributed by atoms with Crippen molar-refractivity contribution in [2.75, 3.05) is 20.2 Å². The van der Waals surface area contributed by atoms with Crippen molar-refractivity contribution in [3.8, 4) is 0 Å². The van der Waals surface area contributed by atoms with Gasteiger partial charge in [0.15, 0.2) is 0 Å². The Kier molecular flexibility index (Phi) is 18.6. The van der Waals surface area contributed by atoms with Crippen molar-refractivity contribution < 1.29 is 33.8 Å². The topological polar surface area (TPSA) is 206 Å². The fourth-order valence-corrected chi connectivity index (χ4v) is 6.64. The van der Waals surface area contributed by atoms with Gasteiger partial charge in [-0.25, -0.2) is 0 Å². The number of amides is 5. The quantitative estimate of drug-likeness (QED) is 0.0932. The number of unbranched alkanes of at least 4 members (excludes halogenated alkanes) is 1. The molecule has 0 saturated heterocycles. The Balaban J connectivity index is 2.28. The second-order valence-corrected chi connectivity index (χ2v) is 14.6. The third-order valence-corrected chi connectivity index (χ3v) is 10.3. The molecule has 8 atom stereocenters. The summed E-state index contributed by atoms with van der Waals surface area (Å²) in [7, 11) is 1.66. The van der Waals surface area contributed by atoms with Gasteiger partial charge in [0.05, 0.1) is 30.7 Å². The summed E-state index contributed by atoms with van der Waals surface area (Å²) in [6, 6.07) is -3.08. The van der Waals surface area contributed by atoms with Gasteiger partial charge in [0.1, 0.15) is 18.1 Å². The molecule has 8 N–H and O–H groups in total. The van der Waals surface area contributed by atoms with Crippen molar-refractivity contribution in [3.63, 3.8) is 0 Å². The molecule has 0 aromatic rings. The molecule has 13 heteroatoms. The maximum atomic E-state index is 14.4. The molecule has 2 aliphatic rings. The van der Waals surface area contributed by atoms with E-state index in [1.807, 2.05) is 13.8 Å². The number of nitrogens with two attached hydrogens (primary N) is 2. The number of likely N-dealkylation sites (N-methyl/N-ethyl adjacent to an activating group) is 1. The lowest BCUT2D eigenvalue weighted by atomic mass is 9.83. The van der Waals surface area contributed by atoms with E-state index >= 15 is 0 Å². The van der Waals surface area contributed by atoms with Crippen LogP contribution in [0.5, 0.6) is 0 Å². The Morgan fingerprint density at radius 2 is 1.53 bits per heavy atom. The first-order chi connectivity index (χ1) is 23.2. The van der Waals surface area contributed by atoms with E-state index in [0.29, 0.717) is 31.6 Å². The number of aliphatic hydroxyl groups is 1. The third kappa shape index (κ3) is 13.8. The van der Waals surface area contributed by atoms with E-state index in [1.54, 1.807) is 20.9 Å². The molecule has 2 rings (SSSR count). The van der Waals surface area contributed by atoms with Crippen LogP contribution in [0.4, 0.5) is 0 Å². The highest BCUT2D eigenvalue weighted by atomic mass is 16.5. The SMILES string of the molecule is CCCC[C@@H](OC[C@@H](C)NC(=O)[C@@H](C)[C@H](C)O)[C@@H](CC1CC1)C(=O)N(C)[C@@H](CCC)C(=O)N[C@H](C(=O)N[C@@H](CN)C(N)=O)C1CCCCC1. The number of primary amides is 1. The lowest BCUT2D eigenvalue weighted by molar-refractivity contribution is -0.148. The van der Waals surface area contributed by atoms with E-state index in [1.165, 1.54) is 4.90 Å². The molecular weight excluding hydrogens is 628 g/mol. The Morgan fingerprint density at radius 1 is 0.878 bits per heavy atom. The van der Waals surface area contributed by atoms with Gasteiger partial charge in [0, 0.05) is 19.6 Å². The highest BCUT2D eigenvalue weighted by Crippen LogP contribution is 2.38. The van der Waals surface area contributed by atoms with Crippen LogP contribution < -0.4 is 27.4 Å². The van der Waals surface area contributed by atoms with Gasteiger partial charge in [-0.2, -0.15) is 0 Å². The Morgan fingerprint density at radius 3 is 2.06 bits per heavy atom. The number of rotatable bonds is 23. The van der Waals surface area contributed by atoms with Gasteiger partial charge in [-0.15, -0.1) is 0 Å². The Hall–Kier alpha value is -2.77. The minimum Gasteiger partial charge on any atom is -0.393 e. The van der Waals surface area contributed by atoms with Gasteiger partial charge >= 0.3 is 0 Å². The average molecular weight is 695 g/mol. The van der Waals surface area contributed by atoms with Crippen LogP contribution in [0.15, 0.2) is 0 Å². The summed E-state index contributed by atoms with van der Waals surface area (Å²) in [6.07, 6.45) is 9.47. The van der Waals surface area contributed by atoms with Gasteiger partial charge in [-0.1, -0.05) is 72.1 Å². The number of carbonyl (C=O) groups is 5. The predicted molar refractivity (Wildman–Crippen MR) is 189 cm³/mol. The monoisotopic (exact) mass is 694 g/mol. The molecule has 282 valence electrons. The van der Waals surface area contributed by atoms with E-state index in [9.17, 15) is 29.1 Å². The smallest absolute Gasteiger partial charge is 0.243 e. The average Bonchev–Trinajstić information content (AvgIpc) is 3.90. The molecule has 0 aromatic heterocycles. The standard InChI is InChI=1S/C36H66N6O7/c1-7-9-16-30(49-21-22(3)39-33(45)23(4)24(5)43)27(19-25-17-18-25)36(48)42(6)29(13-8-2)34(46)41-31(26-14-11-10-12-15-26)35(47)40-28(20-37)32(38)44/h22-31,43H,7-21,37H2,1-6H3,(H2,38,44)(H,39,45)(H,40,47)(H,41,46)/t22-,23+,24+,27-,28+,29+,30-,31+/m1/s1. The van der Waals surface area contributed by atoms with Crippen LogP contribution in [-0.4, -0.2) is 96.1 Å². The second-order valence-electron chi connectivity index (χ2n) is 14.6. The summed E-state index contributed by atoms with van der Waals surface area (Å²) in [6.45, 7) is 9.17. The number of carbonyl (C=O) groups excluding carboxylic acids is 5. The summed E-state index contributed by atoms with van der Waals surface area (Å²) in [5, 5.41) is 18.3. The largest absolute Gasteiger partial charge is 0.393 e. The van der Waals surface area contributed by atoms with Crippen LogP contribution in [-0.2, 0) is 28.7 Å². The van der Waals surface area contributed by atoms with Gasteiger partial charge < -0.3 is 42.2 Å². The summed E-state index contributed by atoms with van der Waals surface area (Å²) in [4.78, 5) is 67.9. The van der Waals surface area contributed by atoms with Crippen LogP contribution in [0.1, 0.15) is 118 Å². The number of hydrogen-bond acceptors (Lipinski definition) is 8. The first-order valence-corrected chi connectivity index (χ1v) is 18.7. The molecule has 0 aliphatic heterocycles. The molecule has 2 aliphatic carbocycles. The molecular formula is C36H66N6O7. The van der Waals surface area contributed by atoms with E-state index in [0.717, 1.165) is 57.8 Å².